The van der Waals surface area contributed by atoms with Crippen molar-refractivity contribution in [1.82, 2.24) is 9.80 Å². The summed E-state index contributed by atoms with van der Waals surface area (Å²) in [5.41, 5.74) is 0.144. The van der Waals surface area contributed by atoms with Gasteiger partial charge >= 0.3 is 0 Å². The molecule has 2 nitrogen and oxygen atoms in total. The van der Waals surface area contributed by atoms with Crippen LogP contribution in [0, 0.1) is 22.7 Å². The summed E-state index contributed by atoms with van der Waals surface area (Å²) in [6, 6.07) is 0. The van der Waals surface area contributed by atoms with E-state index in [2.05, 4.69) is 25.7 Å². The van der Waals surface area contributed by atoms with E-state index in [1.54, 1.807) is 0 Å². The Bertz CT molecular complexity index is 418. The molecule has 1 unspecified atom stereocenters. The molecule has 2 saturated heterocycles. The van der Waals surface area contributed by atoms with Crippen molar-refractivity contribution in [1.29, 1.82) is 0 Å². The number of hydrogen-bond donors (Lipinski definition) is 0. The lowest BCUT2D eigenvalue weighted by atomic mass is 9.73. The summed E-state index contributed by atoms with van der Waals surface area (Å²) in [6.45, 7) is 18.7. The maximum Gasteiger partial charge on any atom is 0.263 e. The maximum absolute atomic E-state index is 13.8. The van der Waals surface area contributed by atoms with Gasteiger partial charge < -0.3 is 4.90 Å². The van der Waals surface area contributed by atoms with Gasteiger partial charge in [0.25, 0.3) is 5.92 Å². The molecule has 0 aromatic rings. The van der Waals surface area contributed by atoms with Crippen LogP contribution in [0.15, 0.2) is 0 Å². The van der Waals surface area contributed by atoms with Crippen molar-refractivity contribution >= 4 is 0 Å². The monoisotopic (exact) mass is 392 g/mol. The van der Waals surface area contributed by atoms with Gasteiger partial charge in [-0.2, -0.15) is 0 Å². The molecular formula is C22H43F3N2. The van der Waals surface area contributed by atoms with Gasteiger partial charge in [0.05, 0.1) is 6.54 Å². The summed E-state index contributed by atoms with van der Waals surface area (Å²) in [6.07, 6.45) is 3.09. The van der Waals surface area contributed by atoms with Crippen molar-refractivity contribution in [2.75, 3.05) is 45.9 Å². The molecule has 27 heavy (non-hydrogen) atoms. The first kappa shape index (κ1) is 24.7. The fourth-order valence-electron chi connectivity index (χ4n) is 4.49. The van der Waals surface area contributed by atoms with E-state index in [-0.39, 0.29) is 18.6 Å². The molecule has 0 spiro atoms. The fraction of sp³-hybridized carbons (Fsp3) is 1.00. The predicted octanol–water partition coefficient (Wildman–Crippen LogP) is 5.72. The summed E-state index contributed by atoms with van der Waals surface area (Å²) in [4.78, 5) is 4.07. The van der Waals surface area contributed by atoms with Crippen LogP contribution in [0.2, 0.25) is 0 Å². The Balaban J connectivity index is 0.000000271. The number of piperidine rings is 2. The molecule has 0 aromatic carbocycles. The van der Waals surface area contributed by atoms with Crippen LogP contribution in [0.4, 0.5) is 13.2 Å². The van der Waals surface area contributed by atoms with E-state index in [9.17, 15) is 13.2 Å². The van der Waals surface area contributed by atoms with E-state index in [4.69, 9.17) is 0 Å². The van der Waals surface area contributed by atoms with Crippen molar-refractivity contribution < 1.29 is 13.2 Å². The smallest absolute Gasteiger partial charge is 0.263 e. The van der Waals surface area contributed by atoms with Gasteiger partial charge in [-0.05, 0) is 62.2 Å². The quantitative estimate of drug-likeness (QED) is 0.606. The van der Waals surface area contributed by atoms with Crippen LogP contribution in [-0.2, 0) is 0 Å². The highest BCUT2D eigenvalue weighted by Gasteiger charge is 2.49. The molecule has 0 N–H and O–H groups in total. The first-order valence-electron chi connectivity index (χ1n) is 10.7. The molecule has 2 rings (SSSR count). The Kier molecular flexibility index (Phi) is 9.12. The predicted molar refractivity (Wildman–Crippen MR) is 109 cm³/mol. The Hall–Kier alpha value is -0.290. The molecule has 0 amide bonds. The van der Waals surface area contributed by atoms with E-state index in [1.165, 1.54) is 12.8 Å². The standard InChI is InChI=1S/C11H21F2N.C11H22FN/c1-5-14-7-6-9(10(2,3)4)11(12,13)8-14;1-11(2,3)10-4-7-13(8-5-10)9-6-12/h9H,5-8H2,1-4H3;10H,4-9H2,1-3H3. The lowest BCUT2D eigenvalue weighted by Gasteiger charge is -2.44. The number of likely N-dealkylation sites (tertiary alicyclic amines) is 2. The molecule has 0 saturated carbocycles. The molecule has 2 heterocycles. The zero-order valence-electron chi connectivity index (χ0n) is 18.8. The van der Waals surface area contributed by atoms with Crippen LogP contribution >= 0.6 is 0 Å². The second kappa shape index (κ2) is 9.96. The molecule has 0 bridgehead atoms. The average molecular weight is 393 g/mol. The molecule has 5 heteroatoms. The van der Waals surface area contributed by atoms with E-state index in [0.29, 0.717) is 18.4 Å². The first-order chi connectivity index (χ1) is 12.3. The zero-order chi connectivity index (χ0) is 20.9. The normalized spacial score (nSPS) is 25.8. The number of halogens is 3. The minimum atomic E-state index is -2.52. The van der Waals surface area contributed by atoms with Crippen LogP contribution in [0.25, 0.3) is 0 Å². The lowest BCUT2D eigenvalue weighted by Crippen LogP contribution is -2.52. The Morgan fingerprint density at radius 1 is 0.852 bits per heavy atom. The summed E-state index contributed by atoms with van der Waals surface area (Å²) in [5, 5.41) is 0. The van der Waals surface area contributed by atoms with Crippen molar-refractivity contribution in [3.8, 4) is 0 Å². The molecule has 0 aliphatic carbocycles. The molecule has 162 valence electrons. The Morgan fingerprint density at radius 3 is 1.74 bits per heavy atom. The number of hydrogen-bond acceptors (Lipinski definition) is 2. The van der Waals surface area contributed by atoms with Crippen LogP contribution in [0.1, 0.15) is 67.7 Å². The van der Waals surface area contributed by atoms with Gasteiger partial charge in [-0.3, -0.25) is 4.90 Å². The Morgan fingerprint density at radius 2 is 1.37 bits per heavy atom. The van der Waals surface area contributed by atoms with E-state index < -0.39 is 11.8 Å². The van der Waals surface area contributed by atoms with Gasteiger partial charge in [-0.1, -0.05) is 48.5 Å². The van der Waals surface area contributed by atoms with Crippen molar-refractivity contribution in [2.24, 2.45) is 22.7 Å². The summed E-state index contributed by atoms with van der Waals surface area (Å²) >= 11 is 0. The fourth-order valence-corrected chi connectivity index (χ4v) is 4.49. The summed E-state index contributed by atoms with van der Waals surface area (Å²) in [7, 11) is 0. The molecule has 2 fully saturated rings. The second-order valence-corrected chi connectivity index (χ2v) is 10.5. The van der Waals surface area contributed by atoms with Gasteiger partial charge in [-0.25, -0.2) is 13.2 Å². The number of rotatable bonds is 3. The third-order valence-electron chi connectivity index (χ3n) is 6.38. The lowest BCUT2D eigenvalue weighted by molar-refractivity contribution is -0.142. The van der Waals surface area contributed by atoms with Crippen LogP contribution in [0.3, 0.4) is 0 Å². The molecule has 0 radical (unpaired) electrons. The van der Waals surface area contributed by atoms with E-state index in [1.807, 2.05) is 32.6 Å². The minimum absolute atomic E-state index is 0.0641. The first-order valence-corrected chi connectivity index (χ1v) is 10.7. The van der Waals surface area contributed by atoms with Crippen LogP contribution < -0.4 is 0 Å². The molecule has 1 atom stereocenters. The second-order valence-electron chi connectivity index (χ2n) is 10.5. The SMILES string of the molecule is CC(C)(C)C1CCN(CCF)CC1.CCN1CCC(C(C)(C)C)C(F)(F)C1. The van der Waals surface area contributed by atoms with E-state index in [0.717, 1.165) is 32.1 Å². The van der Waals surface area contributed by atoms with E-state index >= 15 is 0 Å². The van der Waals surface area contributed by atoms with Gasteiger partial charge in [0.15, 0.2) is 0 Å². The summed E-state index contributed by atoms with van der Waals surface area (Å²) < 4.78 is 39.6. The van der Waals surface area contributed by atoms with Crippen molar-refractivity contribution in [3.05, 3.63) is 0 Å². The molecular weight excluding hydrogens is 349 g/mol. The van der Waals surface area contributed by atoms with Crippen molar-refractivity contribution in [3.63, 3.8) is 0 Å². The van der Waals surface area contributed by atoms with Crippen LogP contribution in [0.5, 0.6) is 0 Å². The number of alkyl halides is 3. The highest BCUT2D eigenvalue weighted by atomic mass is 19.3. The zero-order valence-corrected chi connectivity index (χ0v) is 18.8. The highest BCUT2D eigenvalue weighted by molar-refractivity contribution is 4.92. The van der Waals surface area contributed by atoms with Crippen molar-refractivity contribution in [2.45, 2.75) is 73.7 Å². The van der Waals surface area contributed by atoms with Gasteiger partial charge in [0.1, 0.15) is 6.67 Å². The molecule has 2 aliphatic rings. The maximum atomic E-state index is 13.8. The highest BCUT2D eigenvalue weighted by Crippen LogP contribution is 2.43. The average Bonchev–Trinajstić information content (AvgIpc) is 2.53. The third kappa shape index (κ3) is 7.92. The molecule has 0 aromatic heterocycles. The van der Waals surface area contributed by atoms with Gasteiger partial charge in [0.2, 0.25) is 0 Å². The topological polar surface area (TPSA) is 6.48 Å². The largest absolute Gasteiger partial charge is 0.301 e. The van der Waals surface area contributed by atoms with Crippen LogP contribution in [-0.4, -0.2) is 61.7 Å². The molecule has 2 aliphatic heterocycles. The summed E-state index contributed by atoms with van der Waals surface area (Å²) in [5.74, 6) is -2.17. The Labute approximate surface area is 165 Å². The number of nitrogens with zero attached hydrogens (tertiary/aromatic N) is 2. The van der Waals surface area contributed by atoms with Gasteiger partial charge in [0, 0.05) is 12.5 Å². The van der Waals surface area contributed by atoms with Gasteiger partial charge in [-0.15, -0.1) is 0 Å². The minimum Gasteiger partial charge on any atom is -0.301 e. The third-order valence-corrected chi connectivity index (χ3v) is 6.38.